The molecule has 0 unspecified atom stereocenters. The zero-order chi connectivity index (χ0) is 11.1. The minimum absolute atomic E-state index is 0.463. The predicted molar refractivity (Wildman–Crippen MR) is 58.8 cm³/mol. The predicted octanol–water partition coefficient (Wildman–Crippen LogP) is 2.35. The maximum Gasteiger partial charge on any atom is 0.328 e. The van der Waals surface area contributed by atoms with Crippen molar-refractivity contribution in [1.29, 1.82) is 0 Å². The average molecular weight is 204 g/mol. The Morgan fingerprint density at radius 1 is 1.40 bits per heavy atom. The van der Waals surface area contributed by atoms with Crippen molar-refractivity contribution in [3.63, 3.8) is 0 Å². The molecule has 15 heavy (non-hydrogen) atoms. The Hall–Kier alpha value is -2.03. The van der Waals surface area contributed by atoms with Gasteiger partial charge in [0.25, 0.3) is 0 Å². The SMILES string of the molecule is C=CCOc1ccc(/C=C/C(=O)O)cc1. The van der Waals surface area contributed by atoms with Crippen LogP contribution in [0.3, 0.4) is 0 Å². The molecule has 3 heteroatoms. The first-order chi connectivity index (χ1) is 7.22. The highest BCUT2D eigenvalue weighted by atomic mass is 16.5. The van der Waals surface area contributed by atoms with Gasteiger partial charge in [-0.1, -0.05) is 24.8 Å². The van der Waals surface area contributed by atoms with Crippen LogP contribution in [0.1, 0.15) is 5.56 Å². The fourth-order valence-corrected chi connectivity index (χ4v) is 0.998. The molecule has 3 nitrogen and oxygen atoms in total. The lowest BCUT2D eigenvalue weighted by Crippen LogP contribution is -1.92. The van der Waals surface area contributed by atoms with Crippen molar-refractivity contribution in [3.05, 3.63) is 48.6 Å². The molecular weight excluding hydrogens is 192 g/mol. The van der Waals surface area contributed by atoms with E-state index in [9.17, 15) is 4.79 Å². The summed E-state index contributed by atoms with van der Waals surface area (Å²) in [6.45, 7) is 4.00. The van der Waals surface area contributed by atoms with Crippen LogP contribution < -0.4 is 4.74 Å². The van der Waals surface area contributed by atoms with Crippen molar-refractivity contribution >= 4 is 12.0 Å². The highest BCUT2D eigenvalue weighted by Crippen LogP contribution is 2.12. The molecule has 0 saturated carbocycles. The molecule has 1 aromatic carbocycles. The molecule has 0 radical (unpaired) electrons. The molecule has 0 aliphatic heterocycles. The van der Waals surface area contributed by atoms with E-state index < -0.39 is 5.97 Å². The maximum atomic E-state index is 10.3. The van der Waals surface area contributed by atoms with E-state index in [1.165, 1.54) is 6.08 Å². The number of carboxylic acids is 1. The molecule has 0 saturated heterocycles. The second-order valence-corrected chi connectivity index (χ2v) is 2.84. The van der Waals surface area contributed by atoms with Gasteiger partial charge in [0.1, 0.15) is 12.4 Å². The standard InChI is InChI=1S/C12H12O3/c1-2-9-15-11-6-3-10(4-7-11)5-8-12(13)14/h2-8H,1,9H2,(H,13,14)/b8-5+. The summed E-state index contributed by atoms with van der Waals surface area (Å²) in [6, 6.07) is 7.14. The van der Waals surface area contributed by atoms with Crippen molar-refractivity contribution in [2.24, 2.45) is 0 Å². The summed E-state index contributed by atoms with van der Waals surface area (Å²) in [7, 11) is 0. The zero-order valence-corrected chi connectivity index (χ0v) is 8.22. The first-order valence-electron chi connectivity index (χ1n) is 4.47. The number of carbonyl (C=O) groups is 1. The van der Waals surface area contributed by atoms with Crippen molar-refractivity contribution in [3.8, 4) is 5.75 Å². The highest BCUT2D eigenvalue weighted by molar-refractivity contribution is 5.85. The summed E-state index contributed by atoms with van der Waals surface area (Å²) < 4.78 is 5.28. The average Bonchev–Trinajstić information content (AvgIpc) is 2.25. The molecule has 0 bridgehead atoms. The number of carboxylic acid groups (broad SMARTS) is 1. The van der Waals surface area contributed by atoms with E-state index in [-0.39, 0.29) is 0 Å². The lowest BCUT2D eigenvalue weighted by atomic mass is 10.2. The Kier molecular flexibility index (Phi) is 4.16. The van der Waals surface area contributed by atoms with Gasteiger partial charge in [-0.05, 0) is 23.8 Å². The Bertz CT molecular complexity index is 363. The molecule has 1 N–H and O–H groups in total. The third kappa shape index (κ3) is 4.13. The third-order valence-corrected chi connectivity index (χ3v) is 1.67. The Morgan fingerprint density at radius 2 is 2.07 bits per heavy atom. The lowest BCUT2D eigenvalue weighted by molar-refractivity contribution is -0.131. The molecule has 1 aromatic rings. The fourth-order valence-electron chi connectivity index (χ4n) is 0.998. The molecular formula is C12H12O3. The molecule has 78 valence electrons. The van der Waals surface area contributed by atoms with Crippen LogP contribution in [0.5, 0.6) is 5.75 Å². The van der Waals surface area contributed by atoms with E-state index in [0.717, 1.165) is 17.4 Å². The summed E-state index contributed by atoms with van der Waals surface area (Å²) >= 11 is 0. The van der Waals surface area contributed by atoms with Gasteiger partial charge in [-0.2, -0.15) is 0 Å². The molecule has 0 fully saturated rings. The van der Waals surface area contributed by atoms with Crippen molar-refractivity contribution < 1.29 is 14.6 Å². The summed E-state index contributed by atoms with van der Waals surface area (Å²) in [5.74, 6) is -0.218. The molecule has 0 amide bonds. The topological polar surface area (TPSA) is 46.5 Å². The molecule has 0 aliphatic rings. The van der Waals surface area contributed by atoms with Crippen LogP contribution >= 0.6 is 0 Å². The van der Waals surface area contributed by atoms with Gasteiger partial charge in [-0.15, -0.1) is 0 Å². The smallest absolute Gasteiger partial charge is 0.328 e. The van der Waals surface area contributed by atoms with Crippen molar-refractivity contribution in [2.75, 3.05) is 6.61 Å². The van der Waals surface area contributed by atoms with E-state index in [1.54, 1.807) is 30.3 Å². The van der Waals surface area contributed by atoms with Crippen LogP contribution in [0.4, 0.5) is 0 Å². The minimum Gasteiger partial charge on any atom is -0.490 e. The number of hydrogen-bond acceptors (Lipinski definition) is 2. The zero-order valence-electron chi connectivity index (χ0n) is 8.22. The van der Waals surface area contributed by atoms with Crippen molar-refractivity contribution in [1.82, 2.24) is 0 Å². The number of rotatable bonds is 5. The van der Waals surface area contributed by atoms with Crippen LogP contribution in [-0.2, 0) is 4.79 Å². The van der Waals surface area contributed by atoms with Gasteiger partial charge in [-0.3, -0.25) is 0 Å². The fraction of sp³-hybridized carbons (Fsp3) is 0.0833. The molecule has 0 aromatic heterocycles. The number of hydrogen-bond donors (Lipinski definition) is 1. The van der Waals surface area contributed by atoms with E-state index in [0.29, 0.717) is 6.61 Å². The van der Waals surface area contributed by atoms with Crippen LogP contribution in [0.25, 0.3) is 6.08 Å². The normalized spacial score (nSPS) is 10.1. The molecule has 0 atom stereocenters. The second kappa shape index (κ2) is 5.65. The summed E-state index contributed by atoms with van der Waals surface area (Å²) in [5.41, 5.74) is 0.823. The second-order valence-electron chi connectivity index (χ2n) is 2.84. The van der Waals surface area contributed by atoms with Crippen LogP contribution in [-0.4, -0.2) is 17.7 Å². The van der Waals surface area contributed by atoms with E-state index in [2.05, 4.69) is 6.58 Å². The number of aliphatic carboxylic acids is 1. The number of ether oxygens (including phenoxy) is 1. The van der Waals surface area contributed by atoms with Gasteiger partial charge in [0.2, 0.25) is 0 Å². The maximum absolute atomic E-state index is 10.3. The van der Waals surface area contributed by atoms with E-state index >= 15 is 0 Å². The van der Waals surface area contributed by atoms with Gasteiger partial charge in [0.15, 0.2) is 0 Å². The summed E-state index contributed by atoms with van der Waals surface area (Å²) in [6.07, 6.45) is 4.29. The van der Waals surface area contributed by atoms with Gasteiger partial charge in [-0.25, -0.2) is 4.79 Å². The quantitative estimate of drug-likeness (QED) is 0.591. The Balaban J connectivity index is 2.63. The lowest BCUT2D eigenvalue weighted by Gasteiger charge is -2.02. The number of benzene rings is 1. The third-order valence-electron chi connectivity index (χ3n) is 1.67. The first-order valence-corrected chi connectivity index (χ1v) is 4.47. The van der Waals surface area contributed by atoms with Gasteiger partial charge in [0, 0.05) is 6.08 Å². The van der Waals surface area contributed by atoms with Crippen LogP contribution in [0.15, 0.2) is 43.0 Å². The van der Waals surface area contributed by atoms with E-state index in [4.69, 9.17) is 9.84 Å². The van der Waals surface area contributed by atoms with Gasteiger partial charge >= 0.3 is 5.97 Å². The van der Waals surface area contributed by atoms with Crippen LogP contribution in [0, 0.1) is 0 Å². The van der Waals surface area contributed by atoms with E-state index in [1.807, 2.05) is 0 Å². The first kappa shape index (κ1) is 11.0. The minimum atomic E-state index is -0.956. The monoisotopic (exact) mass is 204 g/mol. The molecule has 0 aliphatic carbocycles. The van der Waals surface area contributed by atoms with Crippen LogP contribution in [0.2, 0.25) is 0 Å². The Labute approximate surface area is 88.3 Å². The highest BCUT2D eigenvalue weighted by Gasteiger charge is 1.92. The molecule has 1 rings (SSSR count). The molecule has 0 spiro atoms. The summed E-state index contributed by atoms with van der Waals surface area (Å²) in [5, 5.41) is 8.42. The van der Waals surface area contributed by atoms with Gasteiger partial charge < -0.3 is 9.84 Å². The van der Waals surface area contributed by atoms with Gasteiger partial charge in [0.05, 0.1) is 0 Å². The van der Waals surface area contributed by atoms with Crippen molar-refractivity contribution in [2.45, 2.75) is 0 Å². The molecule has 0 heterocycles. The Morgan fingerprint density at radius 3 is 2.60 bits per heavy atom. The largest absolute Gasteiger partial charge is 0.490 e. The summed E-state index contributed by atoms with van der Waals surface area (Å²) in [4.78, 5) is 10.3.